The highest BCUT2D eigenvalue weighted by Crippen LogP contribution is 2.24. The fourth-order valence-corrected chi connectivity index (χ4v) is 2.89. The third-order valence-electron chi connectivity index (χ3n) is 3.98. The molecule has 3 rings (SSSR count). The first-order chi connectivity index (χ1) is 9.74. The van der Waals surface area contributed by atoms with Gasteiger partial charge in [-0.25, -0.2) is 9.37 Å². The predicted molar refractivity (Wildman–Crippen MR) is 77.8 cm³/mol. The van der Waals surface area contributed by atoms with Crippen LogP contribution < -0.4 is 5.32 Å². The molecule has 2 aromatic rings. The molecule has 106 valence electrons. The molecule has 2 N–H and O–H groups in total. The second-order valence-corrected chi connectivity index (χ2v) is 5.50. The number of aromatic nitrogens is 2. The zero-order chi connectivity index (χ0) is 13.9. The molecule has 4 heteroatoms. The number of benzene rings is 1. The van der Waals surface area contributed by atoms with E-state index >= 15 is 0 Å². The molecule has 1 aromatic carbocycles. The van der Waals surface area contributed by atoms with Crippen molar-refractivity contribution in [3.8, 4) is 11.3 Å². The molecule has 0 amide bonds. The summed E-state index contributed by atoms with van der Waals surface area (Å²) in [5.41, 5.74) is 2.19. The van der Waals surface area contributed by atoms with Crippen molar-refractivity contribution in [2.45, 2.75) is 45.2 Å². The summed E-state index contributed by atoms with van der Waals surface area (Å²) in [4.78, 5) is 7.80. The Labute approximate surface area is 118 Å². The van der Waals surface area contributed by atoms with Crippen LogP contribution >= 0.6 is 0 Å². The normalized spacial score (nSPS) is 15.9. The average Bonchev–Trinajstić information content (AvgIpc) is 3.07. The number of nitrogens with one attached hydrogen (secondary N) is 2. The Bertz CT molecular complexity index is 585. The van der Waals surface area contributed by atoms with Crippen LogP contribution in [0.1, 0.15) is 37.2 Å². The van der Waals surface area contributed by atoms with E-state index in [9.17, 15) is 4.39 Å². The second-order valence-electron chi connectivity index (χ2n) is 5.50. The number of rotatable bonds is 4. The summed E-state index contributed by atoms with van der Waals surface area (Å²) >= 11 is 0. The van der Waals surface area contributed by atoms with Gasteiger partial charge < -0.3 is 10.3 Å². The molecule has 3 nitrogen and oxygen atoms in total. The van der Waals surface area contributed by atoms with E-state index in [-0.39, 0.29) is 5.82 Å². The van der Waals surface area contributed by atoms with Crippen LogP contribution in [0, 0.1) is 12.7 Å². The maximum atomic E-state index is 13.8. The molecule has 1 aliphatic carbocycles. The maximum absolute atomic E-state index is 13.8. The largest absolute Gasteiger partial charge is 0.344 e. The van der Waals surface area contributed by atoms with Gasteiger partial charge >= 0.3 is 0 Å². The number of aromatic amines is 1. The highest BCUT2D eigenvalue weighted by atomic mass is 19.1. The third kappa shape index (κ3) is 2.75. The van der Waals surface area contributed by atoms with Crippen LogP contribution in [-0.4, -0.2) is 16.0 Å². The Morgan fingerprint density at radius 1 is 1.30 bits per heavy atom. The summed E-state index contributed by atoms with van der Waals surface area (Å²) in [5.74, 6) is 0.657. The van der Waals surface area contributed by atoms with Crippen molar-refractivity contribution in [1.82, 2.24) is 15.3 Å². The van der Waals surface area contributed by atoms with Gasteiger partial charge in [-0.3, -0.25) is 0 Å². The zero-order valence-corrected chi connectivity index (χ0v) is 11.7. The van der Waals surface area contributed by atoms with Gasteiger partial charge in [0.1, 0.15) is 11.6 Å². The van der Waals surface area contributed by atoms with Gasteiger partial charge in [0, 0.05) is 17.3 Å². The van der Waals surface area contributed by atoms with E-state index in [1.54, 1.807) is 12.1 Å². The lowest BCUT2D eigenvalue weighted by atomic mass is 10.1. The summed E-state index contributed by atoms with van der Waals surface area (Å²) in [6.07, 6.45) is 5.13. The summed E-state index contributed by atoms with van der Waals surface area (Å²) < 4.78 is 13.8. The smallest absolute Gasteiger partial charge is 0.132 e. The minimum atomic E-state index is -0.225. The van der Waals surface area contributed by atoms with E-state index in [0.717, 1.165) is 18.1 Å². The van der Waals surface area contributed by atoms with Crippen molar-refractivity contribution in [1.29, 1.82) is 0 Å². The summed E-state index contributed by atoms with van der Waals surface area (Å²) in [7, 11) is 0. The van der Waals surface area contributed by atoms with Crippen LogP contribution in [0.2, 0.25) is 0 Å². The van der Waals surface area contributed by atoms with Crippen molar-refractivity contribution >= 4 is 0 Å². The zero-order valence-electron chi connectivity index (χ0n) is 11.7. The molecule has 1 fully saturated rings. The van der Waals surface area contributed by atoms with Gasteiger partial charge in [0.2, 0.25) is 0 Å². The van der Waals surface area contributed by atoms with Crippen LogP contribution in [0.4, 0.5) is 4.39 Å². The number of hydrogen-bond donors (Lipinski definition) is 2. The van der Waals surface area contributed by atoms with E-state index in [0.29, 0.717) is 17.3 Å². The molecular weight excluding hydrogens is 253 g/mol. The van der Waals surface area contributed by atoms with Crippen molar-refractivity contribution in [3.05, 3.63) is 41.6 Å². The molecule has 1 aliphatic rings. The molecule has 0 saturated heterocycles. The number of halogens is 1. The molecule has 0 aliphatic heterocycles. The van der Waals surface area contributed by atoms with Gasteiger partial charge in [-0.1, -0.05) is 25.0 Å². The minimum absolute atomic E-state index is 0.225. The first kappa shape index (κ1) is 13.3. The molecule has 1 aromatic heterocycles. The molecule has 20 heavy (non-hydrogen) atoms. The first-order valence-electron chi connectivity index (χ1n) is 7.28. The summed E-state index contributed by atoms with van der Waals surface area (Å²) in [6.45, 7) is 2.66. The van der Waals surface area contributed by atoms with Crippen LogP contribution in [-0.2, 0) is 6.54 Å². The van der Waals surface area contributed by atoms with Gasteiger partial charge in [0.15, 0.2) is 0 Å². The van der Waals surface area contributed by atoms with Gasteiger partial charge in [-0.2, -0.15) is 0 Å². The molecule has 0 bridgehead atoms. The van der Waals surface area contributed by atoms with Gasteiger partial charge in [0.05, 0.1) is 12.2 Å². The van der Waals surface area contributed by atoms with Crippen molar-refractivity contribution in [2.24, 2.45) is 0 Å². The Kier molecular flexibility index (Phi) is 3.83. The van der Waals surface area contributed by atoms with E-state index in [1.807, 2.05) is 13.0 Å². The fourth-order valence-electron chi connectivity index (χ4n) is 2.89. The van der Waals surface area contributed by atoms with Gasteiger partial charge in [0.25, 0.3) is 0 Å². The Hall–Kier alpha value is -1.68. The maximum Gasteiger partial charge on any atom is 0.132 e. The highest BCUT2D eigenvalue weighted by Gasteiger charge is 2.16. The van der Waals surface area contributed by atoms with E-state index in [4.69, 9.17) is 0 Å². The molecule has 0 radical (unpaired) electrons. The minimum Gasteiger partial charge on any atom is -0.344 e. The lowest BCUT2D eigenvalue weighted by Gasteiger charge is -2.09. The summed E-state index contributed by atoms with van der Waals surface area (Å²) in [6, 6.07) is 7.39. The molecule has 0 unspecified atom stereocenters. The van der Waals surface area contributed by atoms with Crippen molar-refractivity contribution in [3.63, 3.8) is 0 Å². The van der Waals surface area contributed by atoms with Crippen LogP contribution in [0.15, 0.2) is 24.3 Å². The first-order valence-corrected chi connectivity index (χ1v) is 7.28. The van der Waals surface area contributed by atoms with Crippen LogP contribution in [0.5, 0.6) is 0 Å². The quantitative estimate of drug-likeness (QED) is 0.894. The summed E-state index contributed by atoms with van der Waals surface area (Å²) in [5, 5.41) is 3.52. The predicted octanol–water partition coefficient (Wildman–Crippen LogP) is 3.56. The second kappa shape index (κ2) is 5.75. The average molecular weight is 273 g/mol. The van der Waals surface area contributed by atoms with E-state index in [2.05, 4.69) is 15.3 Å². The number of hydrogen-bond acceptors (Lipinski definition) is 2. The van der Waals surface area contributed by atoms with Gasteiger partial charge in [-0.15, -0.1) is 0 Å². The number of aryl methyl sites for hydroxylation is 1. The molecule has 1 saturated carbocycles. The Balaban J connectivity index is 1.75. The monoisotopic (exact) mass is 273 g/mol. The molecule has 0 atom stereocenters. The van der Waals surface area contributed by atoms with E-state index < -0.39 is 0 Å². The highest BCUT2D eigenvalue weighted by molar-refractivity contribution is 5.62. The number of nitrogens with zero attached hydrogens (tertiary/aromatic N) is 1. The fraction of sp³-hybridized carbons (Fsp3) is 0.438. The van der Waals surface area contributed by atoms with Gasteiger partial charge in [-0.05, 0) is 31.9 Å². The standard InChI is InChI=1S/C16H20FN3/c1-11-16(13-8-4-5-9-14(13)17)20-15(19-11)10-18-12-6-2-3-7-12/h4-5,8-9,12,18H,2-3,6-7,10H2,1H3,(H,19,20). The lowest BCUT2D eigenvalue weighted by Crippen LogP contribution is -2.25. The van der Waals surface area contributed by atoms with E-state index in [1.165, 1.54) is 31.7 Å². The SMILES string of the molecule is Cc1[nH]c(CNC2CCCC2)nc1-c1ccccc1F. The third-order valence-corrected chi connectivity index (χ3v) is 3.98. The Morgan fingerprint density at radius 2 is 2.05 bits per heavy atom. The number of imidazole rings is 1. The molecule has 0 spiro atoms. The molecular formula is C16H20FN3. The lowest BCUT2D eigenvalue weighted by molar-refractivity contribution is 0.515. The Morgan fingerprint density at radius 3 is 2.80 bits per heavy atom. The van der Waals surface area contributed by atoms with Crippen LogP contribution in [0.3, 0.4) is 0 Å². The molecule has 1 heterocycles. The van der Waals surface area contributed by atoms with Crippen LogP contribution in [0.25, 0.3) is 11.3 Å². The van der Waals surface area contributed by atoms with Crippen molar-refractivity contribution < 1.29 is 4.39 Å². The number of H-pyrrole nitrogens is 1. The topological polar surface area (TPSA) is 40.7 Å². The van der Waals surface area contributed by atoms with Crippen molar-refractivity contribution in [2.75, 3.05) is 0 Å².